The van der Waals surface area contributed by atoms with E-state index in [1.807, 2.05) is 12.1 Å². The number of pyridine rings is 1. The summed E-state index contributed by atoms with van der Waals surface area (Å²) < 4.78 is 12.8. The third kappa shape index (κ3) is 6.74. The molecule has 1 aliphatic rings. The maximum absolute atomic E-state index is 12.8. The lowest BCUT2D eigenvalue weighted by atomic mass is 10.1. The zero-order valence-corrected chi connectivity index (χ0v) is 16.3. The van der Waals surface area contributed by atoms with Crippen LogP contribution in [0.2, 0.25) is 0 Å². The first-order valence-electron chi connectivity index (χ1n) is 9.83. The van der Waals surface area contributed by atoms with E-state index in [-0.39, 0.29) is 24.8 Å². The van der Waals surface area contributed by atoms with E-state index < -0.39 is 6.03 Å². The lowest BCUT2D eigenvalue weighted by Gasteiger charge is -2.27. The van der Waals surface area contributed by atoms with Crippen LogP contribution in [0.4, 0.5) is 15.0 Å². The number of piperidine rings is 1. The van der Waals surface area contributed by atoms with Gasteiger partial charge in [0.25, 0.3) is 0 Å². The van der Waals surface area contributed by atoms with E-state index in [2.05, 4.69) is 25.8 Å². The number of aromatic nitrogens is 1. The van der Waals surface area contributed by atoms with Crippen molar-refractivity contribution < 1.29 is 14.0 Å². The predicted octanol–water partition coefficient (Wildman–Crippen LogP) is 2.33. The van der Waals surface area contributed by atoms with Gasteiger partial charge in [0.15, 0.2) is 0 Å². The summed E-state index contributed by atoms with van der Waals surface area (Å²) in [6.45, 7) is 2.55. The second-order valence-corrected chi connectivity index (χ2v) is 7.01. The van der Waals surface area contributed by atoms with E-state index in [4.69, 9.17) is 0 Å². The van der Waals surface area contributed by atoms with Crippen molar-refractivity contribution in [1.82, 2.24) is 20.9 Å². The summed E-state index contributed by atoms with van der Waals surface area (Å²) in [6.07, 6.45) is 5.44. The molecule has 1 saturated heterocycles. The average Bonchev–Trinajstić information content (AvgIpc) is 2.77. The fourth-order valence-corrected chi connectivity index (χ4v) is 3.10. The summed E-state index contributed by atoms with van der Waals surface area (Å²) in [5.74, 6) is 0.354. The molecule has 1 aromatic heterocycles. The molecule has 0 spiro atoms. The first kappa shape index (κ1) is 20.6. The van der Waals surface area contributed by atoms with Crippen LogP contribution in [0.1, 0.15) is 30.4 Å². The molecule has 0 radical (unpaired) electrons. The SMILES string of the molecule is O=C(CNC(=O)NCc1ccc(F)cc1)NCc1ccc(N2CCCCC2)nc1. The largest absolute Gasteiger partial charge is 0.357 e. The number of urea groups is 1. The number of nitrogens with one attached hydrogen (secondary N) is 3. The second-order valence-electron chi connectivity index (χ2n) is 7.01. The molecule has 1 fully saturated rings. The Hall–Kier alpha value is -3.16. The number of nitrogens with zero attached hydrogens (tertiary/aromatic N) is 2. The molecule has 3 amide bonds. The number of amides is 3. The van der Waals surface area contributed by atoms with Gasteiger partial charge in [-0.1, -0.05) is 18.2 Å². The maximum atomic E-state index is 12.8. The van der Waals surface area contributed by atoms with Gasteiger partial charge in [0.1, 0.15) is 11.6 Å². The minimum Gasteiger partial charge on any atom is -0.357 e. The maximum Gasteiger partial charge on any atom is 0.315 e. The molecule has 0 aliphatic carbocycles. The molecule has 0 atom stereocenters. The topological polar surface area (TPSA) is 86.4 Å². The van der Waals surface area contributed by atoms with Crippen molar-refractivity contribution in [3.05, 3.63) is 59.5 Å². The van der Waals surface area contributed by atoms with Crippen molar-refractivity contribution in [2.24, 2.45) is 0 Å². The van der Waals surface area contributed by atoms with Crippen molar-refractivity contribution in [3.8, 4) is 0 Å². The average molecular weight is 399 g/mol. The monoisotopic (exact) mass is 399 g/mol. The number of hydrogen-bond acceptors (Lipinski definition) is 4. The Labute approximate surface area is 169 Å². The van der Waals surface area contributed by atoms with Crippen LogP contribution in [0, 0.1) is 5.82 Å². The Morgan fingerprint density at radius 3 is 2.28 bits per heavy atom. The fourth-order valence-electron chi connectivity index (χ4n) is 3.10. The number of anilines is 1. The molecule has 29 heavy (non-hydrogen) atoms. The zero-order chi connectivity index (χ0) is 20.5. The Morgan fingerprint density at radius 2 is 1.59 bits per heavy atom. The summed E-state index contributed by atoms with van der Waals surface area (Å²) in [5, 5.41) is 7.87. The van der Waals surface area contributed by atoms with Crippen molar-refractivity contribution in [2.75, 3.05) is 24.5 Å². The summed E-state index contributed by atoms with van der Waals surface area (Å²) >= 11 is 0. The van der Waals surface area contributed by atoms with Crippen molar-refractivity contribution in [3.63, 3.8) is 0 Å². The lowest BCUT2D eigenvalue weighted by molar-refractivity contribution is -0.120. The normalized spacial score (nSPS) is 13.6. The Morgan fingerprint density at radius 1 is 0.897 bits per heavy atom. The molecule has 3 N–H and O–H groups in total. The van der Waals surface area contributed by atoms with Gasteiger partial charge < -0.3 is 20.9 Å². The van der Waals surface area contributed by atoms with Gasteiger partial charge in [-0.2, -0.15) is 0 Å². The van der Waals surface area contributed by atoms with Gasteiger partial charge in [0.05, 0.1) is 6.54 Å². The first-order valence-corrected chi connectivity index (χ1v) is 9.83. The molecule has 7 nitrogen and oxygen atoms in total. The summed E-state index contributed by atoms with van der Waals surface area (Å²) in [5.41, 5.74) is 1.67. The van der Waals surface area contributed by atoms with Gasteiger partial charge in [0, 0.05) is 32.4 Å². The van der Waals surface area contributed by atoms with E-state index >= 15 is 0 Å². The van der Waals surface area contributed by atoms with Crippen LogP contribution < -0.4 is 20.9 Å². The number of benzene rings is 1. The van der Waals surface area contributed by atoms with Gasteiger partial charge >= 0.3 is 6.03 Å². The lowest BCUT2D eigenvalue weighted by Crippen LogP contribution is -2.41. The minimum atomic E-state index is -0.461. The van der Waals surface area contributed by atoms with Crippen molar-refractivity contribution >= 4 is 17.8 Å². The van der Waals surface area contributed by atoms with E-state index in [0.717, 1.165) is 30.0 Å². The number of hydrogen-bond donors (Lipinski definition) is 3. The van der Waals surface area contributed by atoms with Crippen LogP contribution in [-0.2, 0) is 17.9 Å². The van der Waals surface area contributed by atoms with Gasteiger partial charge in [-0.05, 0) is 48.6 Å². The number of carbonyl (C=O) groups excluding carboxylic acids is 2. The van der Waals surface area contributed by atoms with E-state index in [1.165, 1.54) is 31.4 Å². The highest BCUT2D eigenvalue weighted by atomic mass is 19.1. The van der Waals surface area contributed by atoms with Crippen molar-refractivity contribution in [1.29, 1.82) is 0 Å². The zero-order valence-electron chi connectivity index (χ0n) is 16.3. The Kier molecular flexibility index (Phi) is 7.38. The highest BCUT2D eigenvalue weighted by molar-refractivity contribution is 5.83. The molecule has 2 heterocycles. The molecular formula is C21H26FN5O2. The van der Waals surface area contributed by atoms with Crippen LogP contribution >= 0.6 is 0 Å². The first-order chi connectivity index (χ1) is 14.1. The quantitative estimate of drug-likeness (QED) is 0.667. The van der Waals surface area contributed by atoms with Gasteiger partial charge in [-0.25, -0.2) is 14.2 Å². The molecule has 1 aliphatic heterocycles. The number of halogens is 1. The van der Waals surface area contributed by atoms with Crippen molar-refractivity contribution in [2.45, 2.75) is 32.4 Å². The van der Waals surface area contributed by atoms with Crippen LogP contribution in [0.15, 0.2) is 42.6 Å². The molecule has 0 bridgehead atoms. The summed E-state index contributed by atoms with van der Waals surface area (Å²) in [7, 11) is 0. The standard InChI is InChI=1S/C21H26FN5O2/c22-18-7-4-16(5-8-18)12-25-21(29)26-15-20(28)24-14-17-6-9-19(23-13-17)27-10-2-1-3-11-27/h4-9,13H,1-3,10-12,14-15H2,(H,24,28)(H2,25,26,29). The smallest absolute Gasteiger partial charge is 0.315 e. The van der Waals surface area contributed by atoms with Crippen LogP contribution in [0.3, 0.4) is 0 Å². The molecule has 8 heteroatoms. The fraction of sp³-hybridized carbons (Fsp3) is 0.381. The molecule has 2 aromatic rings. The van der Waals surface area contributed by atoms with E-state index in [1.54, 1.807) is 18.3 Å². The molecular weight excluding hydrogens is 373 g/mol. The van der Waals surface area contributed by atoms with Crippen LogP contribution in [0.5, 0.6) is 0 Å². The van der Waals surface area contributed by atoms with Gasteiger partial charge in [-0.3, -0.25) is 4.79 Å². The number of rotatable bonds is 7. The Balaban J connectivity index is 1.34. The van der Waals surface area contributed by atoms with E-state index in [0.29, 0.717) is 6.54 Å². The third-order valence-corrected chi connectivity index (χ3v) is 4.75. The van der Waals surface area contributed by atoms with Crippen LogP contribution in [0.25, 0.3) is 0 Å². The van der Waals surface area contributed by atoms with Crippen LogP contribution in [-0.4, -0.2) is 36.6 Å². The molecule has 154 valence electrons. The van der Waals surface area contributed by atoms with E-state index in [9.17, 15) is 14.0 Å². The Bertz CT molecular complexity index is 805. The number of carbonyl (C=O) groups is 2. The highest BCUT2D eigenvalue weighted by Gasteiger charge is 2.12. The molecule has 3 rings (SSSR count). The highest BCUT2D eigenvalue weighted by Crippen LogP contribution is 2.17. The summed E-state index contributed by atoms with van der Waals surface area (Å²) in [4.78, 5) is 30.4. The minimum absolute atomic E-state index is 0.130. The summed E-state index contributed by atoms with van der Waals surface area (Å²) in [6, 6.07) is 9.32. The van der Waals surface area contributed by atoms with Gasteiger partial charge in [0.2, 0.25) is 5.91 Å². The molecule has 1 aromatic carbocycles. The molecule has 0 unspecified atom stereocenters. The predicted molar refractivity (Wildman–Crippen MR) is 109 cm³/mol. The third-order valence-electron chi connectivity index (χ3n) is 4.75. The molecule has 0 saturated carbocycles. The second kappa shape index (κ2) is 10.4. The van der Waals surface area contributed by atoms with Gasteiger partial charge in [-0.15, -0.1) is 0 Å².